The van der Waals surface area contributed by atoms with E-state index in [0.717, 1.165) is 96.6 Å². The Kier molecular flexibility index (Phi) is 18.2. The first kappa shape index (κ1) is 52.8. The minimum atomic E-state index is -0.856. The molecule has 5 aromatic rings. The Morgan fingerprint density at radius 2 is 1.54 bits per heavy atom. The van der Waals surface area contributed by atoms with Crippen LogP contribution in [0.25, 0.3) is 21.5 Å². The van der Waals surface area contributed by atoms with Crippen molar-refractivity contribution >= 4 is 57.6 Å². The van der Waals surface area contributed by atoms with E-state index < -0.39 is 23.6 Å². The SMILES string of the molecule is Cc1ncsc1-c1ccc(CNC(=O)[C@@H]2C[C@@H](O)CN2C(=O)[C@@H](NC(=O)CCCCCCCCCCNC(=O)c2ccc(C(=O)Nc3ccc4c(c3)nc(CN3CCC[C@@H]3C)n4C)cc2)C(C)(C)C)cc1. The van der Waals surface area contributed by atoms with Crippen molar-refractivity contribution in [2.75, 3.05) is 25.0 Å². The molecule has 3 aromatic carbocycles. The summed E-state index contributed by atoms with van der Waals surface area (Å²) in [7, 11) is 2.04. The van der Waals surface area contributed by atoms with Gasteiger partial charge in [0.2, 0.25) is 17.7 Å². The molecule has 4 heterocycles. The average molecular weight is 988 g/mol. The number of amides is 5. The zero-order valence-corrected chi connectivity index (χ0v) is 43.2. The molecule has 4 atom stereocenters. The third-order valence-electron chi connectivity index (χ3n) is 14.0. The minimum absolute atomic E-state index is 0.0284. The van der Waals surface area contributed by atoms with Gasteiger partial charge in [-0.2, -0.15) is 0 Å². The number of unbranched alkanes of at least 4 members (excludes halogenated alkanes) is 7. The second-order valence-corrected chi connectivity index (χ2v) is 21.4. The molecule has 2 aliphatic heterocycles. The predicted octanol–water partition coefficient (Wildman–Crippen LogP) is 8.29. The highest BCUT2D eigenvalue weighted by Gasteiger charge is 2.44. The summed E-state index contributed by atoms with van der Waals surface area (Å²) < 4.78 is 2.13. The van der Waals surface area contributed by atoms with Gasteiger partial charge in [-0.3, -0.25) is 28.9 Å². The van der Waals surface area contributed by atoms with Crippen LogP contribution < -0.4 is 21.3 Å². The normalized spacial score (nSPS) is 17.6. The molecular formula is C55H73N9O6S. The van der Waals surface area contributed by atoms with Crippen LogP contribution in [0.2, 0.25) is 0 Å². The number of hydrogen-bond donors (Lipinski definition) is 5. The minimum Gasteiger partial charge on any atom is -0.391 e. The molecule has 2 saturated heterocycles. The quantitative estimate of drug-likeness (QED) is 0.0425. The standard InChI is InChI=1S/C55H73N9O6S/c1-36-16-15-29-63(36)34-47-60-44-30-42(26-27-45(44)62(47)6)59-52(68)41-24-22-40(23-25-41)51(67)56-28-14-12-10-8-7-9-11-13-17-48(66)61-50(55(3,4)5)54(70)64-33-43(65)31-46(64)53(69)57-32-38-18-20-39(21-19-38)49-37(2)58-35-71-49/h18-27,30,35-36,43,46,50,65H,7-17,28-29,31-34H2,1-6H3,(H,56,67)(H,57,69)(H,59,68)(H,61,66)/t36-,43+,46-,50+/m0/s1. The lowest BCUT2D eigenvalue weighted by molar-refractivity contribution is -0.144. The molecule has 16 heteroatoms. The lowest BCUT2D eigenvalue weighted by Crippen LogP contribution is -2.57. The summed E-state index contributed by atoms with van der Waals surface area (Å²) in [5.41, 5.74) is 7.65. The number of carbonyl (C=O) groups excluding carboxylic acids is 5. The Hall–Kier alpha value is -5.97. The highest BCUT2D eigenvalue weighted by molar-refractivity contribution is 7.13. The van der Waals surface area contributed by atoms with Gasteiger partial charge in [-0.15, -0.1) is 11.3 Å². The van der Waals surface area contributed by atoms with Gasteiger partial charge in [0.25, 0.3) is 11.8 Å². The monoisotopic (exact) mass is 988 g/mol. The zero-order chi connectivity index (χ0) is 50.7. The van der Waals surface area contributed by atoms with Gasteiger partial charge in [0.05, 0.1) is 39.8 Å². The average Bonchev–Trinajstić information content (AvgIpc) is 4.15. The van der Waals surface area contributed by atoms with Gasteiger partial charge in [-0.25, -0.2) is 9.97 Å². The smallest absolute Gasteiger partial charge is 0.255 e. The molecule has 0 unspecified atom stereocenters. The first-order valence-corrected chi connectivity index (χ1v) is 26.4. The van der Waals surface area contributed by atoms with Crippen LogP contribution in [0.4, 0.5) is 5.69 Å². The number of likely N-dealkylation sites (tertiary alicyclic amines) is 2. The van der Waals surface area contributed by atoms with E-state index in [0.29, 0.717) is 42.2 Å². The van der Waals surface area contributed by atoms with E-state index in [9.17, 15) is 29.1 Å². The van der Waals surface area contributed by atoms with Gasteiger partial charge in [-0.05, 0) is 105 Å². The van der Waals surface area contributed by atoms with E-state index in [4.69, 9.17) is 4.98 Å². The molecule has 0 bridgehead atoms. The highest BCUT2D eigenvalue weighted by Crippen LogP contribution is 2.29. The summed E-state index contributed by atoms with van der Waals surface area (Å²) in [5.74, 6) is -0.315. The molecule has 0 aliphatic carbocycles. The third kappa shape index (κ3) is 14.1. The first-order valence-electron chi connectivity index (χ1n) is 25.5. The summed E-state index contributed by atoms with van der Waals surface area (Å²) in [4.78, 5) is 80.8. The Morgan fingerprint density at radius 3 is 2.18 bits per heavy atom. The number of nitrogens with zero attached hydrogens (tertiary/aromatic N) is 5. The number of imidazole rings is 1. The number of aliphatic hydroxyl groups is 1. The molecular weight excluding hydrogens is 915 g/mol. The summed E-state index contributed by atoms with van der Waals surface area (Å²) in [6.07, 6.45) is 9.64. The Bertz CT molecular complexity index is 2620. The number of aromatic nitrogens is 3. The first-order chi connectivity index (χ1) is 34.0. The molecule has 5 N–H and O–H groups in total. The molecule has 2 aromatic heterocycles. The summed E-state index contributed by atoms with van der Waals surface area (Å²) in [6, 6.07) is 19.3. The molecule has 0 saturated carbocycles. The molecule has 5 amide bonds. The third-order valence-corrected chi connectivity index (χ3v) is 15.0. The van der Waals surface area contributed by atoms with Gasteiger partial charge >= 0.3 is 0 Å². The van der Waals surface area contributed by atoms with Crippen LogP contribution in [0.5, 0.6) is 0 Å². The summed E-state index contributed by atoms with van der Waals surface area (Å²) in [6.45, 7) is 12.7. The molecule has 71 heavy (non-hydrogen) atoms. The molecule has 0 radical (unpaired) electrons. The van der Waals surface area contributed by atoms with Crippen LogP contribution in [-0.4, -0.2) is 103 Å². The number of β-amino-alcohol motifs (C(OH)–C–C–N with tert-alkyl or cyclic N) is 1. The number of nitrogens with one attached hydrogen (secondary N) is 4. The number of anilines is 1. The van der Waals surface area contributed by atoms with E-state index in [1.165, 1.54) is 17.7 Å². The van der Waals surface area contributed by atoms with Crippen molar-refractivity contribution in [1.82, 2.24) is 40.3 Å². The second-order valence-electron chi connectivity index (χ2n) is 20.6. The molecule has 7 rings (SSSR count). The van der Waals surface area contributed by atoms with Crippen LogP contribution >= 0.6 is 11.3 Å². The van der Waals surface area contributed by atoms with Gasteiger partial charge in [0.15, 0.2) is 0 Å². The fourth-order valence-electron chi connectivity index (χ4n) is 9.64. The maximum absolute atomic E-state index is 14.0. The van der Waals surface area contributed by atoms with Gasteiger partial charge < -0.3 is 35.8 Å². The van der Waals surface area contributed by atoms with Crippen molar-refractivity contribution in [1.29, 1.82) is 0 Å². The van der Waals surface area contributed by atoms with Gasteiger partial charge in [0, 0.05) is 62.4 Å². The summed E-state index contributed by atoms with van der Waals surface area (Å²) in [5, 5.41) is 22.5. The van der Waals surface area contributed by atoms with Crippen molar-refractivity contribution < 1.29 is 29.1 Å². The topological polar surface area (TPSA) is 191 Å². The van der Waals surface area contributed by atoms with Gasteiger partial charge in [-0.1, -0.05) is 83.6 Å². The number of benzene rings is 3. The van der Waals surface area contributed by atoms with Crippen LogP contribution in [0.3, 0.4) is 0 Å². The largest absolute Gasteiger partial charge is 0.391 e. The van der Waals surface area contributed by atoms with E-state index in [1.54, 1.807) is 35.6 Å². The molecule has 2 fully saturated rings. The predicted molar refractivity (Wildman–Crippen MR) is 280 cm³/mol. The number of hydrogen-bond acceptors (Lipinski definition) is 10. The van der Waals surface area contributed by atoms with Crippen LogP contribution in [0.15, 0.2) is 72.2 Å². The Balaban J connectivity index is 0.745. The summed E-state index contributed by atoms with van der Waals surface area (Å²) >= 11 is 1.58. The number of rotatable bonds is 22. The van der Waals surface area contributed by atoms with E-state index in [2.05, 4.69) is 42.6 Å². The maximum atomic E-state index is 14.0. The molecule has 0 spiro atoms. The second kappa shape index (κ2) is 24.4. The van der Waals surface area contributed by atoms with Crippen molar-refractivity contribution in [2.24, 2.45) is 12.5 Å². The molecule has 380 valence electrons. The lowest BCUT2D eigenvalue weighted by Gasteiger charge is -2.35. The fourth-order valence-corrected chi connectivity index (χ4v) is 10.5. The number of aliphatic hydroxyl groups excluding tert-OH is 1. The van der Waals surface area contributed by atoms with Crippen molar-refractivity contribution in [3.63, 3.8) is 0 Å². The van der Waals surface area contributed by atoms with E-state index in [1.807, 2.05) is 82.7 Å². The lowest BCUT2D eigenvalue weighted by atomic mass is 9.85. The van der Waals surface area contributed by atoms with Crippen LogP contribution in [0.1, 0.15) is 143 Å². The van der Waals surface area contributed by atoms with E-state index in [-0.39, 0.29) is 49.0 Å². The van der Waals surface area contributed by atoms with Crippen molar-refractivity contribution in [2.45, 2.75) is 149 Å². The van der Waals surface area contributed by atoms with Crippen LogP contribution in [0, 0.1) is 12.3 Å². The Labute approximate surface area is 422 Å². The van der Waals surface area contributed by atoms with Crippen LogP contribution in [-0.2, 0) is 34.5 Å². The van der Waals surface area contributed by atoms with E-state index >= 15 is 0 Å². The zero-order valence-electron chi connectivity index (χ0n) is 42.4. The molecule has 2 aliphatic rings. The fraction of sp³-hybridized carbons (Fsp3) is 0.509. The van der Waals surface area contributed by atoms with Crippen molar-refractivity contribution in [3.8, 4) is 10.4 Å². The number of thiazole rings is 1. The number of fused-ring (bicyclic) bond motifs is 1. The Morgan fingerprint density at radius 1 is 0.859 bits per heavy atom. The molecule has 15 nitrogen and oxygen atoms in total. The number of aryl methyl sites for hydroxylation is 2. The maximum Gasteiger partial charge on any atom is 0.255 e. The van der Waals surface area contributed by atoms with Gasteiger partial charge in [0.1, 0.15) is 17.9 Å². The number of carbonyl (C=O) groups is 5. The highest BCUT2D eigenvalue weighted by atomic mass is 32.1. The van der Waals surface area contributed by atoms with Crippen molar-refractivity contribution in [3.05, 3.63) is 100 Å².